The maximum Gasteiger partial charge on any atom is 0.417 e. The van der Waals surface area contributed by atoms with Gasteiger partial charge in [-0.25, -0.2) is 28.8 Å². The summed E-state index contributed by atoms with van der Waals surface area (Å²) >= 11 is 1.33. The lowest BCUT2D eigenvalue weighted by molar-refractivity contribution is 0.0247. The summed E-state index contributed by atoms with van der Waals surface area (Å²) in [5.74, 6) is -1.43. The lowest BCUT2D eigenvalue weighted by Gasteiger charge is -2.34. The van der Waals surface area contributed by atoms with Crippen LogP contribution < -0.4 is 10.6 Å². The number of rotatable bonds is 4. The Morgan fingerprint density at radius 2 is 1.76 bits per heavy atom. The third kappa shape index (κ3) is 6.33. The van der Waals surface area contributed by atoms with E-state index in [1.165, 1.54) is 11.3 Å². The molecule has 0 spiro atoms. The molecule has 2 N–H and O–H groups in total. The van der Waals surface area contributed by atoms with Crippen LogP contribution in [0.5, 0.6) is 0 Å². The van der Waals surface area contributed by atoms with Crippen LogP contribution >= 0.6 is 11.3 Å². The normalized spacial score (nSPS) is 19.0. The number of anilines is 1. The van der Waals surface area contributed by atoms with E-state index in [-0.39, 0.29) is 41.3 Å². The third-order valence-corrected chi connectivity index (χ3v) is 8.01. The minimum absolute atomic E-state index is 0.0301. The molecule has 1 saturated carbocycles. The third-order valence-electron chi connectivity index (χ3n) is 6.94. The summed E-state index contributed by atoms with van der Waals surface area (Å²) in [6, 6.07) is 4.91. The Labute approximate surface area is 248 Å². The minimum atomic E-state index is -0.851. The molecule has 0 saturated heterocycles. The number of carbonyl (C=O) groups excluding carboxylic acids is 3. The van der Waals surface area contributed by atoms with Crippen molar-refractivity contribution in [3.8, 4) is 10.6 Å². The molecule has 1 aliphatic heterocycles. The van der Waals surface area contributed by atoms with Gasteiger partial charge in [-0.05, 0) is 66.5 Å². The van der Waals surface area contributed by atoms with Crippen molar-refractivity contribution in [2.75, 3.05) is 5.32 Å². The van der Waals surface area contributed by atoms with Gasteiger partial charge in [0, 0.05) is 23.2 Å². The topological polar surface area (TPSA) is 123 Å². The summed E-state index contributed by atoms with van der Waals surface area (Å²) in [5, 5.41) is 7.01. The van der Waals surface area contributed by atoms with Gasteiger partial charge in [0.2, 0.25) is 0 Å². The van der Waals surface area contributed by atoms with Gasteiger partial charge in [-0.2, -0.15) is 0 Å². The predicted octanol–water partition coefficient (Wildman–Crippen LogP) is 6.64. The monoisotopic (exact) mass is 597 g/mol. The summed E-state index contributed by atoms with van der Waals surface area (Å²) in [7, 11) is 0. The fourth-order valence-corrected chi connectivity index (χ4v) is 6.19. The summed E-state index contributed by atoms with van der Waals surface area (Å²) < 4.78 is 27.1. The highest BCUT2D eigenvalue weighted by atomic mass is 32.1. The standard InChI is InChI=1S/C30H36FN5O5S/c1-29(2,3)40-27(38)34-19-12-8-7-11-18(19)33-24-22(31)17-15-36(28(39)41-30(4,5)6)26(37)21(17)23(35-24)20-14-16-10-9-13-32-25(16)42-20/h9-10,13-14,18-19H,7-8,11-12,15H2,1-6H3,(H,33,35)(H,34,38)/t18-,19+/m1/s1. The molecule has 2 atom stereocenters. The first-order valence-corrected chi connectivity index (χ1v) is 14.9. The zero-order valence-electron chi connectivity index (χ0n) is 24.7. The first kappa shape index (κ1) is 29.7. The van der Waals surface area contributed by atoms with E-state index < -0.39 is 35.1 Å². The largest absolute Gasteiger partial charge is 0.444 e. The number of thiophene rings is 1. The Morgan fingerprint density at radius 1 is 1.07 bits per heavy atom. The first-order chi connectivity index (χ1) is 19.7. The number of hydrogen-bond donors (Lipinski definition) is 2. The maximum atomic E-state index is 16.2. The molecule has 0 bridgehead atoms. The van der Waals surface area contributed by atoms with Crippen molar-refractivity contribution < 1.29 is 28.2 Å². The SMILES string of the molecule is CC(C)(C)OC(=O)N[C@H]1CCCC[C@H]1Nc1nc(-c2cc3cccnc3s2)c2c(c1F)CN(C(=O)OC(C)(C)C)C2=O. The molecule has 224 valence electrons. The quantitative estimate of drug-likeness (QED) is 0.343. The Morgan fingerprint density at radius 3 is 2.43 bits per heavy atom. The van der Waals surface area contributed by atoms with Gasteiger partial charge in [-0.15, -0.1) is 11.3 Å². The number of ether oxygens (including phenoxy) is 2. The zero-order valence-corrected chi connectivity index (χ0v) is 25.5. The van der Waals surface area contributed by atoms with Crippen LogP contribution in [-0.4, -0.2) is 56.2 Å². The number of halogens is 1. The van der Waals surface area contributed by atoms with E-state index in [2.05, 4.69) is 20.6 Å². The van der Waals surface area contributed by atoms with E-state index in [0.29, 0.717) is 17.7 Å². The second-order valence-electron chi connectivity index (χ2n) is 12.6. The zero-order chi connectivity index (χ0) is 30.4. The number of amides is 3. The molecule has 5 rings (SSSR count). The van der Waals surface area contributed by atoms with Crippen molar-refractivity contribution in [1.82, 2.24) is 20.2 Å². The first-order valence-electron chi connectivity index (χ1n) is 14.1. The van der Waals surface area contributed by atoms with Crippen molar-refractivity contribution in [3.05, 3.63) is 41.3 Å². The van der Waals surface area contributed by atoms with Gasteiger partial charge >= 0.3 is 12.2 Å². The second-order valence-corrected chi connectivity index (χ2v) is 13.7. The van der Waals surface area contributed by atoms with Crippen molar-refractivity contribution in [2.45, 2.75) is 97.1 Å². The van der Waals surface area contributed by atoms with Gasteiger partial charge in [-0.3, -0.25) is 4.79 Å². The molecule has 1 fully saturated rings. The highest BCUT2D eigenvalue weighted by molar-refractivity contribution is 7.21. The molecule has 42 heavy (non-hydrogen) atoms. The lowest BCUT2D eigenvalue weighted by atomic mass is 9.90. The van der Waals surface area contributed by atoms with Crippen molar-refractivity contribution in [2.24, 2.45) is 0 Å². The fraction of sp³-hybridized carbons (Fsp3) is 0.500. The van der Waals surface area contributed by atoms with Gasteiger partial charge in [0.05, 0.1) is 28.7 Å². The van der Waals surface area contributed by atoms with Gasteiger partial charge < -0.3 is 20.1 Å². The molecule has 2 aliphatic rings. The van der Waals surface area contributed by atoms with Crippen molar-refractivity contribution >= 4 is 45.5 Å². The molecular formula is C30H36FN5O5S. The number of hydrogen-bond acceptors (Lipinski definition) is 9. The number of carbonyl (C=O) groups is 3. The van der Waals surface area contributed by atoms with Crippen LogP contribution in [0.1, 0.15) is 83.1 Å². The molecule has 4 heterocycles. The molecule has 0 unspecified atom stereocenters. The van der Waals surface area contributed by atoms with Gasteiger partial charge in [0.1, 0.15) is 16.0 Å². The summed E-state index contributed by atoms with van der Waals surface area (Å²) in [5.41, 5.74) is -1.14. The van der Waals surface area contributed by atoms with Crippen LogP contribution in [0.3, 0.4) is 0 Å². The van der Waals surface area contributed by atoms with E-state index in [1.807, 2.05) is 18.2 Å². The second kappa shape index (κ2) is 11.1. The molecule has 10 nitrogen and oxygen atoms in total. The van der Waals surface area contributed by atoms with E-state index in [4.69, 9.17) is 9.47 Å². The fourth-order valence-electron chi connectivity index (χ4n) is 5.20. The smallest absolute Gasteiger partial charge is 0.417 e. The van der Waals surface area contributed by atoms with E-state index in [1.54, 1.807) is 47.7 Å². The van der Waals surface area contributed by atoms with Crippen molar-refractivity contribution in [1.29, 1.82) is 0 Å². The highest BCUT2D eigenvalue weighted by Gasteiger charge is 2.41. The van der Waals surface area contributed by atoms with Crippen LogP contribution in [-0.2, 0) is 16.0 Å². The van der Waals surface area contributed by atoms with E-state index in [0.717, 1.165) is 28.0 Å². The summed E-state index contributed by atoms with van der Waals surface area (Å²) in [4.78, 5) is 50.4. The van der Waals surface area contributed by atoms with Crippen LogP contribution in [0.2, 0.25) is 0 Å². The number of aromatic nitrogens is 2. The molecular weight excluding hydrogens is 561 g/mol. The Kier molecular flexibility index (Phi) is 7.86. The molecule has 1 aliphatic carbocycles. The molecule has 0 aromatic carbocycles. The van der Waals surface area contributed by atoms with Gasteiger partial charge in [-0.1, -0.05) is 18.9 Å². The van der Waals surface area contributed by atoms with Crippen LogP contribution in [0.15, 0.2) is 24.4 Å². The number of nitrogens with one attached hydrogen (secondary N) is 2. The molecule has 0 radical (unpaired) electrons. The van der Waals surface area contributed by atoms with Crippen LogP contribution in [0, 0.1) is 5.82 Å². The predicted molar refractivity (Wildman–Crippen MR) is 158 cm³/mol. The number of pyridine rings is 2. The van der Waals surface area contributed by atoms with E-state index >= 15 is 4.39 Å². The average Bonchev–Trinajstić information content (AvgIpc) is 3.46. The van der Waals surface area contributed by atoms with Crippen LogP contribution in [0.25, 0.3) is 20.8 Å². The van der Waals surface area contributed by atoms with Crippen molar-refractivity contribution in [3.63, 3.8) is 0 Å². The number of fused-ring (bicyclic) bond motifs is 2. The number of alkyl carbamates (subject to hydrolysis) is 1. The Hall–Kier alpha value is -3.80. The molecule has 3 amide bonds. The average molecular weight is 598 g/mol. The molecule has 12 heteroatoms. The number of imide groups is 1. The highest BCUT2D eigenvalue weighted by Crippen LogP contribution is 2.40. The summed E-state index contributed by atoms with van der Waals surface area (Å²) in [6.45, 7) is 10.2. The summed E-state index contributed by atoms with van der Waals surface area (Å²) in [6.07, 6.45) is 3.42. The van der Waals surface area contributed by atoms with E-state index in [9.17, 15) is 14.4 Å². The molecule has 3 aromatic heterocycles. The van der Waals surface area contributed by atoms with Crippen LogP contribution in [0.4, 0.5) is 19.8 Å². The Balaban J connectivity index is 1.53. The minimum Gasteiger partial charge on any atom is -0.444 e. The lowest BCUT2D eigenvalue weighted by Crippen LogP contribution is -2.50. The van der Waals surface area contributed by atoms with Gasteiger partial charge in [0.25, 0.3) is 5.91 Å². The van der Waals surface area contributed by atoms with Gasteiger partial charge in [0.15, 0.2) is 11.6 Å². The molecule has 3 aromatic rings. The maximum absolute atomic E-state index is 16.2. The number of nitrogens with zero attached hydrogens (tertiary/aromatic N) is 3. The Bertz CT molecular complexity index is 1510.